The molecular weight excluding hydrogens is 282 g/mol. The number of benzene rings is 2. The molecule has 0 amide bonds. The standard InChI is InChI=1S/C15H15ClF2N2/c1-20(14-5-3-2-4-13(14)18)15(9-19)10-6-11(16)8-12(17)7-10/h2-8,15H,9,19H2,1H3. The van der Waals surface area contributed by atoms with Gasteiger partial charge < -0.3 is 10.6 Å². The SMILES string of the molecule is CN(c1ccccc1F)C(CN)c1cc(F)cc(Cl)c1. The van der Waals surface area contributed by atoms with E-state index in [0.717, 1.165) is 0 Å². The summed E-state index contributed by atoms with van der Waals surface area (Å²) in [6.07, 6.45) is 0. The summed E-state index contributed by atoms with van der Waals surface area (Å²) in [6.45, 7) is 0.213. The first-order valence-electron chi connectivity index (χ1n) is 6.16. The van der Waals surface area contributed by atoms with Gasteiger partial charge in [0, 0.05) is 18.6 Å². The second-order valence-corrected chi connectivity index (χ2v) is 4.95. The van der Waals surface area contributed by atoms with Crippen molar-refractivity contribution in [3.8, 4) is 0 Å². The van der Waals surface area contributed by atoms with Crippen molar-refractivity contribution in [1.29, 1.82) is 0 Å². The van der Waals surface area contributed by atoms with Crippen molar-refractivity contribution >= 4 is 17.3 Å². The first-order chi connectivity index (χ1) is 9.52. The molecule has 106 valence electrons. The zero-order valence-corrected chi connectivity index (χ0v) is 11.7. The molecule has 0 aliphatic rings. The molecule has 2 aromatic rings. The number of anilines is 1. The van der Waals surface area contributed by atoms with Crippen LogP contribution in [0.3, 0.4) is 0 Å². The van der Waals surface area contributed by atoms with E-state index in [1.807, 2.05) is 0 Å². The Kier molecular flexibility index (Phi) is 4.57. The van der Waals surface area contributed by atoms with Crippen molar-refractivity contribution < 1.29 is 8.78 Å². The molecule has 0 bridgehead atoms. The molecule has 20 heavy (non-hydrogen) atoms. The van der Waals surface area contributed by atoms with Crippen LogP contribution in [0.2, 0.25) is 5.02 Å². The van der Waals surface area contributed by atoms with Gasteiger partial charge in [-0.15, -0.1) is 0 Å². The molecular formula is C15H15ClF2N2. The highest BCUT2D eigenvalue weighted by Crippen LogP contribution is 2.28. The molecule has 2 aromatic carbocycles. The van der Waals surface area contributed by atoms with Crippen LogP contribution in [0.15, 0.2) is 42.5 Å². The molecule has 5 heteroatoms. The average molecular weight is 297 g/mol. The fourth-order valence-electron chi connectivity index (χ4n) is 2.19. The summed E-state index contributed by atoms with van der Waals surface area (Å²) in [4.78, 5) is 1.68. The lowest BCUT2D eigenvalue weighted by Crippen LogP contribution is -2.31. The minimum absolute atomic E-state index is 0.213. The molecule has 0 fully saturated rings. The Morgan fingerprint density at radius 2 is 1.90 bits per heavy atom. The Morgan fingerprint density at radius 3 is 2.50 bits per heavy atom. The van der Waals surface area contributed by atoms with E-state index in [-0.39, 0.29) is 18.4 Å². The highest BCUT2D eigenvalue weighted by molar-refractivity contribution is 6.30. The largest absolute Gasteiger partial charge is 0.364 e. The Hall–Kier alpha value is -1.65. The van der Waals surface area contributed by atoms with Crippen LogP contribution in [0.1, 0.15) is 11.6 Å². The molecule has 0 aliphatic heterocycles. The Bertz CT molecular complexity index is 584. The van der Waals surface area contributed by atoms with Gasteiger partial charge in [0.1, 0.15) is 11.6 Å². The minimum atomic E-state index is -0.437. The first kappa shape index (κ1) is 14.8. The topological polar surface area (TPSA) is 29.3 Å². The number of nitrogens with zero attached hydrogens (tertiary/aromatic N) is 1. The van der Waals surface area contributed by atoms with Crippen LogP contribution in [0.4, 0.5) is 14.5 Å². The van der Waals surface area contributed by atoms with Crippen LogP contribution in [0, 0.1) is 11.6 Å². The predicted molar refractivity (Wildman–Crippen MR) is 78.0 cm³/mol. The molecule has 0 spiro atoms. The fraction of sp³-hybridized carbons (Fsp3) is 0.200. The number of halogens is 3. The maximum Gasteiger partial charge on any atom is 0.146 e. The Balaban J connectivity index is 2.39. The van der Waals surface area contributed by atoms with Gasteiger partial charge in [-0.05, 0) is 35.9 Å². The molecule has 0 saturated carbocycles. The maximum atomic E-state index is 13.8. The van der Waals surface area contributed by atoms with Crippen LogP contribution >= 0.6 is 11.6 Å². The van der Waals surface area contributed by atoms with Crippen molar-refractivity contribution in [2.45, 2.75) is 6.04 Å². The summed E-state index contributed by atoms with van der Waals surface area (Å²) >= 11 is 5.86. The average Bonchev–Trinajstić information content (AvgIpc) is 2.38. The second-order valence-electron chi connectivity index (χ2n) is 4.52. The minimum Gasteiger partial charge on any atom is -0.364 e. The molecule has 2 nitrogen and oxygen atoms in total. The van der Waals surface area contributed by atoms with Crippen molar-refractivity contribution in [3.63, 3.8) is 0 Å². The quantitative estimate of drug-likeness (QED) is 0.931. The lowest BCUT2D eigenvalue weighted by molar-refractivity contribution is 0.596. The summed E-state index contributed by atoms with van der Waals surface area (Å²) in [5.74, 6) is -0.788. The van der Waals surface area contributed by atoms with Gasteiger partial charge in [0.05, 0.1) is 11.7 Å². The first-order valence-corrected chi connectivity index (χ1v) is 6.54. The summed E-state index contributed by atoms with van der Waals surface area (Å²) in [7, 11) is 1.72. The predicted octanol–water partition coefficient (Wildman–Crippen LogP) is 3.75. The third-order valence-corrected chi connectivity index (χ3v) is 3.41. The van der Waals surface area contributed by atoms with E-state index in [2.05, 4.69) is 0 Å². The van der Waals surface area contributed by atoms with Crippen LogP contribution < -0.4 is 10.6 Å². The van der Waals surface area contributed by atoms with E-state index in [4.69, 9.17) is 17.3 Å². The number of para-hydroxylation sites is 1. The van der Waals surface area contributed by atoms with Crippen molar-refractivity contribution in [3.05, 3.63) is 64.7 Å². The third-order valence-electron chi connectivity index (χ3n) is 3.19. The molecule has 1 unspecified atom stereocenters. The van der Waals surface area contributed by atoms with E-state index in [9.17, 15) is 8.78 Å². The van der Waals surface area contributed by atoms with E-state index < -0.39 is 5.82 Å². The van der Waals surface area contributed by atoms with Gasteiger partial charge in [-0.3, -0.25) is 0 Å². The van der Waals surface area contributed by atoms with Crippen LogP contribution in [-0.2, 0) is 0 Å². The van der Waals surface area contributed by atoms with Crippen molar-refractivity contribution in [2.75, 3.05) is 18.5 Å². The second kappa shape index (κ2) is 6.20. The van der Waals surface area contributed by atoms with E-state index >= 15 is 0 Å². The molecule has 0 heterocycles. The molecule has 0 aromatic heterocycles. The van der Waals surface area contributed by atoms with Gasteiger partial charge in [-0.25, -0.2) is 8.78 Å². The lowest BCUT2D eigenvalue weighted by atomic mass is 10.0. The maximum absolute atomic E-state index is 13.8. The molecule has 0 aliphatic carbocycles. The van der Waals surface area contributed by atoms with Gasteiger partial charge in [0.15, 0.2) is 0 Å². The monoisotopic (exact) mass is 296 g/mol. The smallest absolute Gasteiger partial charge is 0.146 e. The molecule has 2 N–H and O–H groups in total. The van der Waals surface area contributed by atoms with Crippen molar-refractivity contribution in [2.24, 2.45) is 5.73 Å². The highest BCUT2D eigenvalue weighted by Gasteiger charge is 2.19. The molecule has 2 rings (SSSR count). The van der Waals surface area contributed by atoms with Crippen LogP contribution in [0.5, 0.6) is 0 Å². The number of nitrogens with two attached hydrogens (primary N) is 1. The molecule has 0 radical (unpaired) electrons. The van der Waals surface area contributed by atoms with Crippen LogP contribution in [-0.4, -0.2) is 13.6 Å². The zero-order chi connectivity index (χ0) is 14.7. The molecule has 0 saturated heterocycles. The summed E-state index contributed by atoms with van der Waals surface area (Å²) in [5, 5.41) is 0.292. The highest BCUT2D eigenvalue weighted by atomic mass is 35.5. The zero-order valence-electron chi connectivity index (χ0n) is 11.0. The van der Waals surface area contributed by atoms with Gasteiger partial charge in [-0.2, -0.15) is 0 Å². The summed E-state index contributed by atoms with van der Waals surface area (Å²) in [5.41, 5.74) is 6.78. The van der Waals surface area contributed by atoms with E-state index in [1.165, 1.54) is 18.2 Å². The van der Waals surface area contributed by atoms with Gasteiger partial charge in [0.2, 0.25) is 0 Å². The van der Waals surface area contributed by atoms with Gasteiger partial charge >= 0.3 is 0 Å². The normalized spacial score (nSPS) is 12.2. The van der Waals surface area contributed by atoms with E-state index in [1.54, 1.807) is 36.2 Å². The van der Waals surface area contributed by atoms with Gasteiger partial charge in [0.25, 0.3) is 0 Å². The summed E-state index contributed by atoms with van der Waals surface area (Å²) in [6, 6.07) is 10.2. The number of hydrogen-bond acceptors (Lipinski definition) is 2. The van der Waals surface area contributed by atoms with Crippen molar-refractivity contribution in [1.82, 2.24) is 0 Å². The fourth-order valence-corrected chi connectivity index (χ4v) is 2.42. The number of likely N-dealkylation sites (N-methyl/N-ethyl adjacent to an activating group) is 1. The van der Waals surface area contributed by atoms with E-state index in [0.29, 0.717) is 16.3 Å². The Labute approximate surface area is 121 Å². The van der Waals surface area contributed by atoms with Crippen LogP contribution in [0.25, 0.3) is 0 Å². The number of rotatable bonds is 4. The molecule has 1 atom stereocenters. The number of hydrogen-bond donors (Lipinski definition) is 1. The third kappa shape index (κ3) is 3.08. The van der Waals surface area contributed by atoms with Gasteiger partial charge in [-0.1, -0.05) is 23.7 Å². The summed E-state index contributed by atoms with van der Waals surface area (Å²) < 4.78 is 27.3. The lowest BCUT2D eigenvalue weighted by Gasteiger charge is -2.30. The Morgan fingerprint density at radius 1 is 1.20 bits per heavy atom.